The standard InChI is InChI=1S/C20H21N3O5S/c1-23(2)29(25,26)15-7-10-19(28-4)18(12-15)22-20(24)17-8-5-13-11-14(27-3)6-9-16(13)21-17/h5-12H,1-4H3,(H,22,24). The maximum absolute atomic E-state index is 12.7. The van der Waals surface area contributed by atoms with Gasteiger partial charge in [0.15, 0.2) is 0 Å². The van der Waals surface area contributed by atoms with E-state index >= 15 is 0 Å². The molecule has 0 radical (unpaired) electrons. The normalized spacial score (nSPS) is 11.5. The molecule has 2 aromatic carbocycles. The van der Waals surface area contributed by atoms with Crippen LogP contribution in [0, 0.1) is 0 Å². The highest BCUT2D eigenvalue weighted by molar-refractivity contribution is 7.89. The molecule has 1 N–H and O–H groups in total. The molecule has 0 spiro atoms. The van der Waals surface area contributed by atoms with Gasteiger partial charge in [0.1, 0.15) is 17.2 Å². The Morgan fingerprint density at radius 3 is 2.41 bits per heavy atom. The number of aromatic nitrogens is 1. The van der Waals surface area contributed by atoms with E-state index in [2.05, 4.69) is 10.3 Å². The van der Waals surface area contributed by atoms with Gasteiger partial charge in [0.25, 0.3) is 5.91 Å². The minimum absolute atomic E-state index is 0.0390. The molecule has 0 saturated heterocycles. The summed E-state index contributed by atoms with van der Waals surface area (Å²) < 4.78 is 36.3. The van der Waals surface area contributed by atoms with Gasteiger partial charge in [0, 0.05) is 19.5 Å². The summed E-state index contributed by atoms with van der Waals surface area (Å²) in [4.78, 5) is 17.1. The fourth-order valence-corrected chi connectivity index (χ4v) is 3.63. The zero-order valence-corrected chi connectivity index (χ0v) is 17.3. The van der Waals surface area contributed by atoms with Crippen LogP contribution in [0.25, 0.3) is 10.9 Å². The van der Waals surface area contributed by atoms with Gasteiger partial charge in [-0.15, -0.1) is 0 Å². The zero-order valence-electron chi connectivity index (χ0n) is 16.5. The number of hydrogen-bond donors (Lipinski definition) is 1. The van der Waals surface area contributed by atoms with E-state index in [-0.39, 0.29) is 16.3 Å². The van der Waals surface area contributed by atoms with E-state index in [0.29, 0.717) is 17.0 Å². The monoisotopic (exact) mass is 415 g/mol. The summed E-state index contributed by atoms with van der Waals surface area (Å²) in [7, 11) is 2.23. The van der Waals surface area contributed by atoms with Gasteiger partial charge in [0.05, 0.1) is 30.3 Å². The van der Waals surface area contributed by atoms with Crippen molar-refractivity contribution in [3.8, 4) is 11.5 Å². The summed E-state index contributed by atoms with van der Waals surface area (Å²) in [6.07, 6.45) is 0. The summed E-state index contributed by atoms with van der Waals surface area (Å²) in [6.45, 7) is 0. The number of hydrogen-bond acceptors (Lipinski definition) is 6. The second-order valence-corrected chi connectivity index (χ2v) is 8.51. The Labute approximate surface area is 169 Å². The van der Waals surface area contributed by atoms with E-state index in [1.54, 1.807) is 31.4 Å². The average Bonchev–Trinajstić information content (AvgIpc) is 2.72. The molecule has 8 nitrogen and oxygen atoms in total. The van der Waals surface area contributed by atoms with Crippen LogP contribution in [0.2, 0.25) is 0 Å². The lowest BCUT2D eigenvalue weighted by molar-refractivity contribution is 0.102. The second-order valence-electron chi connectivity index (χ2n) is 6.36. The third-order valence-corrected chi connectivity index (χ3v) is 6.14. The first-order valence-corrected chi connectivity index (χ1v) is 10.1. The van der Waals surface area contributed by atoms with E-state index in [1.165, 1.54) is 39.4 Å². The Hall–Kier alpha value is -3.17. The smallest absolute Gasteiger partial charge is 0.274 e. The fourth-order valence-electron chi connectivity index (χ4n) is 2.70. The van der Waals surface area contributed by atoms with E-state index in [0.717, 1.165) is 9.69 Å². The van der Waals surface area contributed by atoms with Gasteiger partial charge in [0.2, 0.25) is 10.0 Å². The van der Waals surface area contributed by atoms with Gasteiger partial charge in [-0.05, 0) is 42.5 Å². The molecular formula is C20H21N3O5S. The van der Waals surface area contributed by atoms with Crippen LogP contribution in [0.3, 0.4) is 0 Å². The van der Waals surface area contributed by atoms with Gasteiger partial charge in [-0.25, -0.2) is 17.7 Å². The summed E-state index contributed by atoms with van der Waals surface area (Å²) in [6, 6.07) is 13.0. The second kappa shape index (κ2) is 8.06. The molecule has 29 heavy (non-hydrogen) atoms. The molecule has 0 aliphatic carbocycles. The first kappa shape index (κ1) is 20.6. The Kier molecular flexibility index (Phi) is 5.71. The molecule has 3 aromatic rings. The summed E-state index contributed by atoms with van der Waals surface area (Å²) in [5, 5.41) is 3.51. The number of rotatable bonds is 6. The molecule has 152 valence electrons. The number of benzene rings is 2. The Morgan fingerprint density at radius 2 is 1.76 bits per heavy atom. The molecule has 0 aliphatic heterocycles. The molecule has 0 bridgehead atoms. The Balaban J connectivity index is 1.94. The van der Waals surface area contributed by atoms with Crippen molar-refractivity contribution in [3.05, 3.63) is 54.2 Å². The molecule has 3 rings (SSSR count). The zero-order chi connectivity index (χ0) is 21.2. The van der Waals surface area contributed by atoms with Crippen molar-refractivity contribution in [2.24, 2.45) is 0 Å². The van der Waals surface area contributed by atoms with Crippen LogP contribution in [-0.2, 0) is 10.0 Å². The number of sulfonamides is 1. The first-order chi connectivity index (χ1) is 13.8. The van der Waals surface area contributed by atoms with Crippen molar-refractivity contribution >= 4 is 32.5 Å². The van der Waals surface area contributed by atoms with E-state index in [4.69, 9.17) is 9.47 Å². The third kappa shape index (κ3) is 4.15. The summed E-state index contributed by atoms with van der Waals surface area (Å²) >= 11 is 0. The molecular weight excluding hydrogens is 394 g/mol. The first-order valence-electron chi connectivity index (χ1n) is 8.63. The van der Waals surface area contributed by atoms with E-state index < -0.39 is 15.9 Å². The molecule has 1 heterocycles. The summed E-state index contributed by atoms with van der Waals surface area (Å²) in [5.41, 5.74) is 1.05. The highest BCUT2D eigenvalue weighted by Gasteiger charge is 2.20. The predicted octanol–water partition coefficient (Wildman–Crippen LogP) is 2.75. The lowest BCUT2D eigenvalue weighted by Crippen LogP contribution is -2.22. The van der Waals surface area contributed by atoms with Crippen molar-refractivity contribution in [1.82, 2.24) is 9.29 Å². The number of carbonyl (C=O) groups excluding carboxylic acids is 1. The van der Waals surface area contributed by atoms with E-state index in [9.17, 15) is 13.2 Å². The molecule has 1 amide bonds. The van der Waals surface area contributed by atoms with Gasteiger partial charge in [-0.2, -0.15) is 0 Å². The van der Waals surface area contributed by atoms with Crippen LogP contribution in [0.5, 0.6) is 11.5 Å². The van der Waals surface area contributed by atoms with Crippen molar-refractivity contribution in [3.63, 3.8) is 0 Å². The van der Waals surface area contributed by atoms with Gasteiger partial charge >= 0.3 is 0 Å². The maximum atomic E-state index is 12.7. The van der Waals surface area contributed by atoms with Gasteiger partial charge in [-0.1, -0.05) is 6.07 Å². The topological polar surface area (TPSA) is 97.8 Å². The van der Waals surface area contributed by atoms with Crippen LogP contribution in [0.1, 0.15) is 10.5 Å². The van der Waals surface area contributed by atoms with E-state index in [1.807, 2.05) is 6.07 Å². The Morgan fingerprint density at radius 1 is 1.00 bits per heavy atom. The summed E-state index contributed by atoms with van der Waals surface area (Å²) in [5.74, 6) is 0.544. The quantitative estimate of drug-likeness (QED) is 0.665. The fraction of sp³-hybridized carbons (Fsp3) is 0.200. The van der Waals surface area contributed by atoms with Crippen molar-refractivity contribution in [1.29, 1.82) is 0 Å². The van der Waals surface area contributed by atoms with Crippen molar-refractivity contribution in [2.45, 2.75) is 4.90 Å². The number of methoxy groups -OCH3 is 2. The minimum Gasteiger partial charge on any atom is -0.497 e. The minimum atomic E-state index is -3.66. The van der Waals surface area contributed by atoms with Gasteiger partial charge in [-0.3, -0.25) is 4.79 Å². The lowest BCUT2D eigenvalue weighted by atomic mass is 10.2. The number of fused-ring (bicyclic) bond motifs is 1. The maximum Gasteiger partial charge on any atom is 0.274 e. The van der Waals surface area contributed by atoms with Crippen molar-refractivity contribution in [2.75, 3.05) is 33.6 Å². The number of ether oxygens (including phenoxy) is 2. The number of nitrogens with one attached hydrogen (secondary N) is 1. The van der Waals surface area contributed by atoms with Crippen LogP contribution < -0.4 is 14.8 Å². The highest BCUT2D eigenvalue weighted by Crippen LogP contribution is 2.29. The molecule has 9 heteroatoms. The number of nitrogens with zero attached hydrogens (tertiary/aromatic N) is 2. The third-order valence-electron chi connectivity index (χ3n) is 4.33. The van der Waals surface area contributed by atoms with Crippen LogP contribution in [0.4, 0.5) is 5.69 Å². The van der Waals surface area contributed by atoms with Gasteiger partial charge < -0.3 is 14.8 Å². The highest BCUT2D eigenvalue weighted by atomic mass is 32.2. The molecule has 0 saturated carbocycles. The molecule has 0 fully saturated rings. The van der Waals surface area contributed by atoms with Crippen LogP contribution in [0.15, 0.2) is 53.4 Å². The molecule has 0 aliphatic rings. The number of anilines is 1. The van der Waals surface area contributed by atoms with Crippen molar-refractivity contribution < 1.29 is 22.7 Å². The number of amides is 1. The average molecular weight is 415 g/mol. The molecule has 1 aromatic heterocycles. The molecule has 0 unspecified atom stereocenters. The lowest BCUT2D eigenvalue weighted by Gasteiger charge is -2.15. The number of carbonyl (C=O) groups is 1. The largest absolute Gasteiger partial charge is 0.497 e. The van der Waals surface area contributed by atoms with Crippen LogP contribution in [-0.4, -0.2) is 51.9 Å². The van der Waals surface area contributed by atoms with Crippen LogP contribution >= 0.6 is 0 Å². The Bertz CT molecular complexity index is 1180. The number of pyridine rings is 1. The predicted molar refractivity (Wildman–Crippen MR) is 110 cm³/mol. The molecule has 0 atom stereocenters. The SMILES string of the molecule is COc1ccc2nc(C(=O)Nc3cc(S(=O)(=O)N(C)C)ccc3OC)ccc2c1.